The highest BCUT2D eigenvalue weighted by molar-refractivity contribution is 5.08. The summed E-state index contributed by atoms with van der Waals surface area (Å²) >= 11 is 0. The van der Waals surface area contributed by atoms with Crippen molar-refractivity contribution in [2.24, 2.45) is 0 Å². The molecule has 1 aliphatic heterocycles. The molecule has 1 aromatic heterocycles. The van der Waals surface area contributed by atoms with Gasteiger partial charge >= 0.3 is 5.95 Å². The molecule has 2 heterocycles. The van der Waals surface area contributed by atoms with Crippen molar-refractivity contribution < 1.29 is 19.2 Å². The molecule has 0 radical (unpaired) electrons. The number of hydrogen-bond acceptors (Lipinski definition) is 5. The number of rotatable bonds is 3. The first kappa shape index (κ1) is 11.0. The van der Waals surface area contributed by atoms with E-state index in [2.05, 4.69) is 4.98 Å². The van der Waals surface area contributed by atoms with E-state index in [-0.39, 0.29) is 12.4 Å². The number of nitrogens with zero attached hydrogens (tertiary/aromatic N) is 3. The standard InChI is InChI=1S/C8H10FN3O4/c9-4-6-5(13)3-7(16-6)11-2-1-10-8(11)12(14)15/h1-2,5-7,13H,3-4H2/t5-,6-,7?/m1/s1. The second-order valence-corrected chi connectivity index (χ2v) is 3.48. The van der Waals surface area contributed by atoms with Gasteiger partial charge in [-0.2, -0.15) is 0 Å². The van der Waals surface area contributed by atoms with Crippen molar-refractivity contribution in [2.75, 3.05) is 6.67 Å². The molecule has 1 fully saturated rings. The third-order valence-corrected chi connectivity index (χ3v) is 2.48. The van der Waals surface area contributed by atoms with E-state index in [0.717, 1.165) is 0 Å². The van der Waals surface area contributed by atoms with E-state index in [1.54, 1.807) is 0 Å². The molecule has 0 bridgehead atoms. The van der Waals surface area contributed by atoms with Gasteiger partial charge in [0.1, 0.15) is 25.2 Å². The molecule has 1 aliphatic rings. The lowest BCUT2D eigenvalue weighted by atomic mass is 10.2. The molecule has 1 saturated heterocycles. The third-order valence-electron chi connectivity index (χ3n) is 2.48. The molecule has 1 unspecified atom stereocenters. The molecule has 0 amide bonds. The first-order valence-corrected chi connectivity index (χ1v) is 4.70. The van der Waals surface area contributed by atoms with E-state index in [9.17, 15) is 19.6 Å². The number of imidazole rings is 1. The Labute approximate surface area is 89.6 Å². The van der Waals surface area contributed by atoms with Crippen molar-refractivity contribution in [3.63, 3.8) is 0 Å². The number of alkyl halides is 1. The van der Waals surface area contributed by atoms with Crippen molar-refractivity contribution in [1.82, 2.24) is 9.55 Å². The maximum Gasteiger partial charge on any atom is 0.436 e. The third kappa shape index (κ3) is 1.76. The van der Waals surface area contributed by atoms with Crippen LogP contribution in [0.5, 0.6) is 0 Å². The summed E-state index contributed by atoms with van der Waals surface area (Å²) in [6.45, 7) is -0.819. The van der Waals surface area contributed by atoms with E-state index in [1.807, 2.05) is 0 Å². The number of aromatic nitrogens is 2. The molecule has 1 N–H and O–H groups in total. The Kier molecular flexibility index (Phi) is 2.84. The van der Waals surface area contributed by atoms with Crippen LogP contribution in [-0.4, -0.2) is 38.5 Å². The zero-order chi connectivity index (χ0) is 11.7. The summed E-state index contributed by atoms with van der Waals surface area (Å²) in [7, 11) is 0. The highest BCUT2D eigenvalue weighted by Gasteiger charge is 2.38. The minimum atomic E-state index is -0.947. The highest BCUT2D eigenvalue weighted by Crippen LogP contribution is 2.31. The quantitative estimate of drug-likeness (QED) is 0.601. The molecule has 0 aromatic carbocycles. The zero-order valence-electron chi connectivity index (χ0n) is 8.19. The second kappa shape index (κ2) is 4.14. The maximum absolute atomic E-state index is 12.4. The molecule has 8 heteroatoms. The normalized spacial score (nSPS) is 29.5. The van der Waals surface area contributed by atoms with Crippen molar-refractivity contribution in [3.8, 4) is 0 Å². The number of nitro groups is 1. The predicted octanol–water partition coefficient (Wildman–Crippen LogP) is 0.409. The van der Waals surface area contributed by atoms with Crippen LogP contribution in [0.1, 0.15) is 12.6 Å². The Morgan fingerprint density at radius 1 is 1.81 bits per heavy atom. The van der Waals surface area contributed by atoms with Gasteiger partial charge in [0, 0.05) is 6.42 Å². The summed E-state index contributed by atoms with van der Waals surface area (Å²) in [6.07, 6.45) is 0.140. The molecule has 16 heavy (non-hydrogen) atoms. The lowest BCUT2D eigenvalue weighted by Gasteiger charge is -2.10. The number of aliphatic hydroxyl groups is 1. The topological polar surface area (TPSA) is 90.4 Å². The minimum Gasteiger partial charge on any atom is -0.390 e. The molecule has 7 nitrogen and oxygen atoms in total. The average Bonchev–Trinajstić information content (AvgIpc) is 2.82. The van der Waals surface area contributed by atoms with Gasteiger partial charge in [-0.15, -0.1) is 0 Å². The van der Waals surface area contributed by atoms with Gasteiger partial charge in [0.25, 0.3) is 0 Å². The summed E-state index contributed by atoms with van der Waals surface area (Å²) in [5.41, 5.74) is 0. The zero-order valence-corrected chi connectivity index (χ0v) is 8.19. The molecule has 88 valence electrons. The van der Waals surface area contributed by atoms with Gasteiger partial charge in [-0.1, -0.05) is 4.98 Å². The van der Waals surface area contributed by atoms with Crippen molar-refractivity contribution in [3.05, 3.63) is 22.5 Å². The first-order valence-electron chi connectivity index (χ1n) is 4.70. The van der Waals surface area contributed by atoms with Crippen LogP contribution in [0.25, 0.3) is 0 Å². The van der Waals surface area contributed by atoms with Gasteiger partial charge in [-0.25, -0.2) is 8.96 Å². The molecule has 3 atom stereocenters. The van der Waals surface area contributed by atoms with Gasteiger partial charge in [-0.3, -0.25) is 0 Å². The van der Waals surface area contributed by atoms with Crippen LogP contribution in [0.15, 0.2) is 12.4 Å². The van der Waals surface area contributed by atoms with E-state index in [1.165, 1.54) is 17.0 Å². The van der Waals surface area contributed by atoms with Crippen LogP contribution in [0.2, 0.25) is 0 Å². The minimum absolute atomic E-state index is 0.117. The van der Waals surface area contributed by atoms with Crippen LogP contribution < -0.4 is 0 Å². The van der Waals surface area contributed by atoms with E-state index in [4.69, 9.17) is 4.74 Å². The Morgan fingerprint density at radius 3 is 3.12 bits per heavy atom. The molecule has 0 aliphatic carbocycles. The van der Waals surface area contributed by atoms with E-state index < -0.39 is 30.0 Å². The van der Waals surface area contributed by atoms with Gasteiger partial charge in [0.05, 0.1) is 6.10 Å². The molecule has 2 rings (SSSR count). The fraction of sp³-hybridized carbons (Fsp3) is 0.625. The van der Waals surface area contributed by atoms with Crippen molar-refractivity contribution in [2.45, 2.75) is 24.9 Å². The fourth-order valence-corrected chi connectivity index (χ4v) is 1.70. The van der Waals surface area contributed by atoms with Crippen LogP contribution in [0, 0.1) is 10.1 Å². The van der Waals surface area contributed by atoms with Gasteiger partial charge in [0.15, 0.2) is 6.23 Å². The smallest absolute Gasteiger partial charge is 0.390 e. The monoisotopic (exact) mass is 231 g/mol. The molecule has 0 spiro atoms. The number of ether oxygens (including phenoxy) is 1. The highest BCUT2D eigenvalue weighted by atomic mass is 19.1. The molecule has 1 aromatic rings. The second-order valence-electron chi connectivity index (χ2n) is 3.48. The maximum atomic E-state index is 12.4. The van der Waals surface area contributed by atoms with Gasteiger partial charge < -0.3 is 20.0 Å². The summed E-state index contributed by atoms with van der Waals surface area (Å²) in [4.78, 5) is 13.5. The Bertz CT molecular complexity index is 396. The summed E-state index contributed by atoms with van der Waals surface area (Å²) in [5, 5.41) is 20.0. The lowest BCUT2D eigenvalue weighted by Crippen LogP contribution is -2.22. The summed E-state index contributed by atoms with van der Waals surface area (Å²) < 4.78 is 18.7. The fourth-order valence-electron chi connectivity index (χ4n) is 1.70. The number of halogens is 1. The van der Waals surface area contributed by atoms with Crippen molar-refractivity contribution >= 4 is 5.95 Å². The summed E-state index contributed by atoms with van der Waals surface area (Å²) in [6, 6.07) is 0. The first-order chi connectivity index (χ1) is 7.63. The Morgan fingerprint density at radius 2 is 2.56 bits per heavy atom. The number of hydrogen-bond donors (Lipinski definition) is 1. The molecular formula is C8H10FN3O4. The van der Waals surface area contributed by atoms with E-state index >= 15 is 0 Å². The Hall–Kier alpha value is -1.54. The van der Waals surface area contributed by atoms with Crippen LogP contribution in [0.3, 0.4) is 0 Å². The van der Waals surface area contributed by atoms with E-state index in [0.29, 0.717) is 0 Å². The van der Waals surface area contributed by atoms with Gasteiger partial charge in [-0.05, 0) is 4.92 Å². The van der Waals surface area contributed by atoms with Crippen LogP contribution >= 0.6 is 0 Å². The van der Waals surface area contributed by atoms with Gasteiger partial charge in [0.2, 0.25) is 0 Å². The Balaban J connectivity index is 2.20. The molecular weight excluding hydrogens is 221 g/mol. The van der Waals surface area contributed by atoms with Crippen LogP contribution in [-0.2, 0) is 4.74 Å². The summed E-state index contributed by atoms with van der Waals surface area (Å²) in [5.74, 6) is -0.378. The molecule has 0 saturated carbocycles. The van der Waals surface area contributed by atoms with Crippen LogP contribution in [0.4, 0.5) is 10.3 Å². The average molecular weight is 231 g/mol. The lowest BCUT2D eigenvalue weighted by molar-refractivity contribution is -0.398. The predicted molar refractivity (Wildman–Crippen MR) is 49.4 cm³/mol. The largest absolute Gasteiger partial charge is 0.436 e. The SMILES string of the molecule is O=[N+]([O-])c1nccn1C1C[C@@H](O)[C@@H](CF)O1. The van der Waals surface area contributed by atoms with Crippen molar-refractivity contribution in [1.29, 1.82) is 0 Å². The number of aliphatic hydroxyl groups excluding tert-OH is 1.